The van der Waals surface area contributed by atoms with E-state index in [1.807, 2.05) is 0 Å². The monoisotopic (exact) mass is 270 g/mol. The molecule has 0 aromatic carbocycles. The fourth-order valence-corrected chi connectivity index (χ4v) is 4.63. The van der Waals surface area contributed by atoms with Crippen LogP contribution >= 0.6 is 0 Å². The molecular formula is C14H22O3S. The fraction of sp³-hybridized carbons (Fsp3) is 0.714. The molecule has 18 heavy (non-hydrogen) atoms. The van der Waals surface area contributed by atoms with Crippen molar-refractivity contribution in [3.8, 4) is 0 Å². The highest BCUT2D eigenvalue weighted by atomic mass is 32.2. The topological polar surface area (TPSA) is 43.4 Å². The Morgan fingerprint density at radius 2 is 1.89 bits per heavy atom. The number of sulfone groups is 1. The molecule has 0 spiro atoms. The van der Waals surface area contributed by atoms with Crippen LogP contribution in [0.15, 0.2) is 22.6 Å². The second kappa shape index (κ2) is 4.49. The molecule has 0 radical (unpaired) electrons. The van der Waals surface area contributed by atoms with E-state index >= 15 is 0 Å². The Morgan fingerprint density at radius 3 is 2.44 bits per heavy atom. The Morgan fingerprint density at radius 1 is 1.28 bits per heavy atom. The van der Waals surface area contributed by atoms with Crippen molar-refractivity contribution in [3.05, 3.63) is 22.6 Å². The molecule has 0 aromatic heterocycles. The highest BCUT2D eigenvalue weighted by molar-refractivity contribution is 7.96. The van der Waals surface area contributed by atoms with Gasteiger partial charge in [-0.1, -0.05) is 12.2 Å². The Kier molecular flexibility index (Phi) is 3.45. The molecule has 0 heterocycles. The Hall–Kier alpha value is -0.610. The molecule has 4 heteroatoms. The van der Waals surface area contributed by atoms with E-state index in [9.17, 15) is 8.42 Å². The van der Waals surface area contributed by atoms with Crippen LogP contribution in [0, 0.1) is 11.8 Å². The van der Waals surface area contributed by atoms with Crippen LogP contribution in [0.1, 0.15) is 33.6 Å². The Balaban J connectivity index is 2.42. The van der Waals surface area contributed by atoms with E-state index in [0.29, 0.717) is 17.4 Å². The SMILES string of the molecule is COCCC1=C(S(=O)(=O)C(C)(C)C)C2C=CC1C2. The van der Waals surface area contributed by atoms with Crippen molar-refractivity contribution in [3.63, 3.8) is 0 Å². The molecule has 0 aromatic rings. The van der Waals surface area contributed by atoms with Crippen LogP contribution in [0.5, 0.6) is 0 Å². The van der Waals surface area contributed by atoms with E-state index in [4.69, 9.17) is 4.74 Å². The third-order valence-electron chi connectivity index (χ3n) is 3.86. The minimum absolute atomic E-state index is 0.103. The van der Waals surface area contributed by atoms with Gasteiger partial charge in [0.1, 0.15) is 0 Å². The van der Waals surface area contributed by atoms with Crippen LogP contribution < -0.4 is 0 Å². The largest absolute Gasteiger partial charge is 0.384 e. The zero-order valence-corrected chi connectivity index (χ0v) is 12.4. The van der Waals surface area contributed by atoms with Crippen molar-refractivity contribution >= 4 is 9.84 Å². The molecule has 2 rings (SSSR count). The maximum absolute atomic E-state index is 12.7. The van der Waals surface area contributed by atoms with Gasteiger partial charge < -0.3 is 4.74 Å². The molecule has 0 aliphatic heterocycles. The summed E-state index contributed by atoms with van der Waals surface area (Å²) in [5, 5.41) is 0. The molecular weight excluding hydrogens is 248 g/mol. The summed E-state index contributed by atoms with van der Waals surface area (Å²) in [4.78, 5) is 0.680. The molecule has 0 saturated heterocycles. The summed E-state index contributed by atoms with van der Waals surface area (Å²) >= 11 is 0. The lowest BCUT2D eigenvalue weighted by Gasteiger charge is -2.25. The molecule has 0 amide bonds. The number of fused-ring (bicyclic) bond motifs is 2. The Labute approximate surface area is 110 Å². The van der Waals surface area contributed by atoms with Gasteiger partial charge >= 0.3 is 0 Å². The fourth-order valence-electron chi connectivity index (χ4n) is 2.80. The molecule has 0 N–H and O–H groups in total. The van der Waals surface area contributed by atoms with Gasteiger partial charge in [0, 0.05) is 19.6 Å². The molecule has 102 valence electrons. The van der Waals surface area contributed by atoms with Crippen LogP contribution in [0.2, 0.25) is 0 Å². The normalized spacial score (nSPS) is 27.3. The maximum atomic E-state index is 12.7. The Bertz CT molecular complexity index is 492. The van der Waals surface area contributed by atoms with E-state index in [1.54, 1.807) is 27.9 Å². The highest BCUT2D eigenvalue weighted by Gasteiger charge is 2.45. The predicted octanol–water partition coefficient (Wildman–Crippen LogP) is 2.70. The van der Waals surface area contributed by atoms with E-state index in [1.165, 1.54) is 0 Å². The summed E-state index contributed by atoms with van der Waals surface area (Å²) in [6, 6.07) is 0. The molecule has 2 aliphatic carbocycles. The lowest BCUT2D eigenvalue weighted by molar-refractivity contribution is 0.200. The van der Waals surface area contributed by atoms with E-state index in [2.05, 4.69) is 12.2 Å². The zero-order valence-electron chi connectivity index (χ0n) is 11.6. The van der Waals surface area contributed by atoms with E-state index < -0.39 is 14.6 Å². The van der Waals surface area contributed by atoms with Crippen LogP contribution in [0.25, 0.3) is 0 Å². The van der Waals surface area contributed by atoms with Gasteiger partial charge in [0.15, 0.2) is 9.84 Å². The molecule has 2 unspecified atom stereocenters. The van der Waals surface area contributed by atoms with Crippen molar-refractivity contribution < 1.29 is 13.2 Å². The molecule has 2 atom stereocenters. The first-order chi connectivity index (χ1) is 8.29. The van der Waals surface area contributed by atoms with Gasteiger partial charge in [0.2, 0.25) is 0 Å². The van der Waals surface area contributed by atoms with Crippen LogP contribution in [0.4, 0.5) is 0 Å². The third kappa shape index (κ3) is 2.05. The number of rotatable bonds is 4. The summed E-state index contributed by atoms with van der Waals surface area (Å²) in [5.41, 5.74) is 1.08. The molecule has 2 aliphatic rings. The molecule has 0 saturated carbocycles. The molecule has 3 nitrogen and oxygen atoms in total. The first-order valence-corrected chi connectivity index (χ1v) is 7.92. The minimum atomic E-state index is -3.21. The predicted molar refractivity (Wildman–Crippen MR) is 72.9 cm³/mol. The van der Waals surface area contributed by atoms with Gasteiger partial charge in [-0.05, 0) is 45.1 Å². The summed E-state index contributed by atoms with van der Waals surface area (Å²) in [6.07, 6.45) is 5.87. The smallest absolute Gasteiger partial charge is 0.180 e. The van der Waals surface area contributed by atoms with E-state index in [0.717, 1.165) is 18.4 Å². The molecule has 2 bridgehead atoms. The number of allylic oxidation sites excluding steroid dienone is 3. The van der Waals surface area contributed by atoms with Crippen molar-refractivity contribution in [1.82, 2.24) is 0 Å². The van der Waals surface area contributed by atoms with Gasteiger partial charge in [-0.25, -0.2) is 8.42 Å². The van der Waals surface area contributed by atoms with Gasteiger partial charge in [0.05, 0.1) is 9.65 Å². The third-order valence-corrected chi connectivity index (χ3v) is 6.61. The minimum Gasteiger partial charge on any atom is -0.384 e. The second-order valence-corrected chi connectivity index (χ2v) is 8.75. The highest BCUT2D eigenvalue weighted by Crippen LogP contribution is 2.49. The summed E-state index contributed by atoms with van der Waals surface area (Å²) < 4.78 is 29.8. The lowest BCUT2D eigenvalue weighted by Crippen LogP contribution is -2.31. The second-order valence-electron chi connectivity index (χ2n) is 6.08. The van der Waals surface area contributed by atoms with Crippen molar-refractivity contribution in [2.45, 2.75) is 38.4 Å². The van der Waals surface area contributed by atoms with Gasteiger partial charge in [-0.15, -0.1) is 0 Å². The average Bonchev–Trinajstić information content (AvgIpc) is 2.84. The lowest BCUT2D eigenvalue weighted by atomic mass is 10.0. The number of methoxy groups -OCH3 is 1. The van der Waals surface area contributed by atoms with Gasteiger partial charge in [-0.2, -0.15) is 0 Å². The van der Waals surface area contributed by atoms with Crippen molar-refractivity contribution in [2.24, 2.45) is 11.8 Å². The van der Waals surface area contributed by atoms with Crippen LogP contribution in [-0.4, -0.2) is 26.9 Å². The standard InChI is InChI=1S/C14H22O3S/c1-14(2,3)18(15,16)13-11-6-5-10(9-11)12(13)7-8-17-4/h5-6,10-11H,7-9H2,1-4H3. The molecule has 0 fully saturated rings. The van der Waals surface area contributed by atoms with Gasteiger partial charge in [0.25, 0.3) is 0 Å². The number of hydrogen-bond acceptors (Lipinski definition) is 3. The summed E-state index contributed by atoms with van der Waals surface area (Å²) in [7, 11) is -1.56. The first kappa shape index (κ1) is 13.8. The van der Waals surface area contributed by atoms with Crippen molar-refractivity contribution in [1.29, 1.82) is 0 Å². The van der Waals surface area contributed by atoms with Crippen molar-refractivity contribution in [2.75, 3.05) is 13.7 Å². The summed E-state index contributed by atoms with van der Waals surface area (Å²) in [6.45, 7) is 5.92. The zero-order chi connectivity index (χ0) is 13.6. The first-order valence-electron chi connectivity index (χ1n) is 6.44. The maximum Gasteiger partial charge on any atom is 0.180 e. The van der Waals surface area contributed by atoms with Crippen LogP contribution in [0.3, 0.4) is 0 Å². The summed E-state index contributed by atoms with van der Waals surface area (Å²) in [5.74, 6) is 0.420. The average molecular weight is 270 g/mol. The van der Waals surface area contributed by atoms with Crippen LogP contribution in [-0.2, 0) is 14.6 Å². The van der Waals surface area contributed by atoms with Gasteiger partial charge in [-0.3, -0.25) is 0 Å². The van der Waals surface area contributed by atoms with E-state index in [-0.39, 0.29) is 5.92 Å². The number of ether oxygens (including phenoxy) is 1. The quantitative estimate of drug-likeness (QED) is 0.738. The number of hydrogen-bond donors (Lipinski definition) is 0.